The van der Waals surface area contributed by atoms with Gasteiger partial charge in [0.15, 0.2) is 5.69 Å². The quantitative estimate of drug-likeness (QED) is 0.836. The highest BCUT2D eigenvalue weighted by Gasteiger charge is 2.29. The highest BCUT2D eigenvalue weighted by Crippen LogP contribution is 2.36. The summed E-state index contributed by atoms with van der Waals surface area (Å²) in [6, 6.07) is 0. The van der Waals surface area contributed by atoms with Crippen molar-refractivity contribution >= 4 is 23.1 Å². The number of rotatable bonds is 3. The molecule has 0 spiro atoms. The molecular formula is C12H21ClN5+. The second kappa shape index (κ2) is 5.38. The van der Waals surface area contributed by atoms with Crippen molar-refractivity contribution < 1.29 is 0 Å². The van der Waals surface area contributed by atoms with Crippen LogP contribution in [-0.2, 0) is 0 Å². The van der Waals surface area contributed by atoms with E-state index in [1.165, 1.54) is 0 Å². The monoisotopic (exact) mass is 270 g/mol. The maximum atomic E-state index is 6.35. The lowest BCUT2D eigenvalue weighted by Crippen LogP contribution is -2.47. The van der Waals surface area contributed by atoms with Gasteiger partial charge in [-0.15, -0.1) is 5.10 Å². The molecule has 0 unspecified atom stereocenters. The topological polar surface area (TPSA) is 41.1 Å². The van der Waals surface area contributed by atoms with Crippen LogP contribution in [0.25, 0.3) is 0 Å². The summed E-state index contributed by atoms with van der Waals surface area (Å²) in [6.07, 6.45) is 1.64. The van der Waals surface area contributed by atoms with Crippen molar-refractivity contribution in [1.82, 2.24) is 20.0 Å². The highest BCUT2D eigenvalue weighted by molar-refractivity contribution is 6.33. The number of anilines is 1. The second-order valence-electron chi connectivity index (χ2n) is 5.10. The van der Waals surface area contributed by atoms with Gasteiger partial charge in [0.25, 0.3) is 0 Å². The van der Waals surface area contributed by atoms with Crippen LogP contribution < -0.4 is 14.7 Å². The Hall–Kier alpha value is -0.910. The molecule has 0 aliphatic carbocycles. The molecule has 1 N–H and O–H groups in total. The number of halogens is 1. The fourth-order valence-electron chi connectivity index (χ4n) is 2.16. The first-order valence-electron chi connectivity index (χ1n) is 6.36. The van der Waals surface area contributed by atoms with E-state index in [0.717, 1.165) is 44.2 Å². The first-order chi connectivity index (χ1) is 8.56. The molecule has 18 heavy (non-hydrogen) atoms. The van der Waals surface area contributed by atoms with Crippen molar-refractivity contribution in [3.8, 4) is 0 Å². The van der Waals surface area contributed by atoms with Gasteiger partial charge in [0.05, 0.1) is 26.8 Å². The van der Waals surface area contributed by atoms with Gasteiger partial charge in [-0.1, -0.05) is 11.6 Å². The molecule has 0 aromatic carbocycles. The van der Waals surface area contributed by atoms with Gasteiger partial charge >= 0.3 is 0 Å². The standard InChI is InChI=1S/C12H21ClN5/c1-4-18(2,3)11-10(13)9-15-16-12(11)17-7-5-14-6-8-17/h9,14H,4-8H2,1-3H3/q+1. The lowest BCUT2D eigenvalue weighted by molar-refractivity contribution is 0.417. The third kappa shape index (κ3) is 2.58. The minimum atomic E-state index is 0.699. The average molecular weight is 271 g/mol. The van der Waals surface area contributed by atoms with Gasteiger partial charge in [0, 0.05) is 26.2 Å². The molecule has 0 atom stereocenters. The molecule has 100 valence electrons. The SMILES string of the molecule is CC[N+](C)(C)c1c(Cl)cnnc1N1CCNCC1. The van der Waals surface area contributed by atoms with Crippen molar-refractivity contribution in [3.05, 3.63) is 11.2 Å². The predicted octanol–water partition coefficient (Wildman–Crippen LogP) is 1.13. The van der Waals surface area contributed by atoms with E-state index in [9.17, 15) is 0 Å². The molecule has 0 bridgehead atoms. The first-order valence-corrected chi connectivity index (χ1v) is 6.74. The Labute approximate surface area is 113 Å². The van der Waals surface area contributed by atoms with Crippen molar-refractivity contribution in [1.29, 1.82) is 0 Å². The van der Waals surface area contributed by atoms with Crippen LogP contribution in [0.5, 0.6) is 0 Å². The Kier molecular flexibility index (Phi) is 4.04. The lowest BCUT2D eigenvalue weighted by atomic mass is 10.2. The molecule has 2 rings (SSSR count). The predicted molar refractivity (Wildman–Crippen MR) is 76.3 cm³/mol. The Morgan fingerprint density at radius 3 is 2.67 bits per heavy atom. The van der Waals surface area contributed by atoms with Crippen molar-refractivity contribution in [2.45, 2.75) is 6.92 Å². The maximum absolute atomic E-state index is 6.35. The van der Waals surface area contributed by atoms with Crippen molar-refractivity contribution in [2.75, 3.05) is 51.7 Å². The van der Waals surface area contributed by atoms with E-state index in [-0.39, 0.29) is 0 Å². The van der Waals surface area contributed by atoms with Crippen LogP contribution in [0.3, 0.4) is 0 Å². The van der Waals surface area contributed by atoms with E-state index < -0.39 is 0 Å². The third-order valence-electron chi connectivity index (χ3n) is 3.57. The van der Waals surface area contributed by atoms with E-state index in [1.54, 1.807) is 6.20 Å². The lowest BCUT2D eigenvalue weighted by Gasteiger charge is -2.34. The zero-order valence-corrected chi connectivity index (χ0v) is 12.0. The Morgan fingerprint density at radius 1 is 1.39 bits per heavy atom. The molecule has 1 aliphatic heterocycles. The number of hydrogen-bond acceptors (Lipinski definition) is 4. The summed E-state index contributed by atoms with van der Waals surface area (Å²) in [6.45, 7) is 6.97. The van der Waals surface area contributed by atoms with E-state index in [4.69, 9.17) is 11.6 Å². The van der Waals surface area contributed by atoms with Crippen LogP contribution in [-0.4, -0.2) is 57.0 Å². The summed E-state index contributed by atoms with van der Waals surface area (Å²) in [7, 11) is 4.29. The Morgan fingerprint density at radius 2 is 2.06 bits per heavy atom. The molecule has 1 aliphatic rings. The Balaban J connectivity index is 2.43. The molecule has 0 saturated carbocycles. The number of aromatic nitrogens is 2. The average Bonchev–Trinajstić information content (AvgIpc) is 2.39. The van der Waals surface area contributed by atoms with Gasteiger partial charge in [-0.05, 0) is 6.92 Å². The molecular weight excluding hydrogens is 250 g/mol. The van der Waals surface area contributed by atoms with Gasteiger partial charge in [-0.3, -0.25) is 4.48 Å². The number of nitrogens with zero attached hydrogens (tertiary/aromatic N) is 4. The molecule has 2 heterocycles. The summed E-state index contributed by atoms with van der Waals surface area (Å²) in [5.41, 5.74) is 1.07. The fourth-order valence-corrected chi connectivity index (χ4v) is 2.51. The summed E-state index contributed by atoms with van der Waals surface area (Å²) in [5.74, 6) is 0.927. The van der Waals surface area contributed by atoms with Gasteiger partial charge in [0.1, 0.15) is 5.02 Å². The molecule has 0 amide bonds. The summed E-state index contributed by atoms with van der Waals surface area (Å²) in [5, 5.41) is 12.4. The minimum absolute atomic E-state index is 0.699. The van der Waals surface area contributed by atoms with Crippen molar-refractivity contribution in [3.63, 3.8) is 0 Å². The molecule has 1 saturated heterocycles. The van der Waals surface area contributed by atoms with E-state index in [0.29, 0.717) is 9.51 Å². The highest BCUT2D eigenvalue weighted by atomic mass is 35.5. The van der Waals surface area contributed by atoms with Crippen LogP contribution in [0.4, 0.5) is 11.5 Å². The summed E-state index contributed by atoms with van der Waals surface area (Å²) >= 11 is 6.35. The van der Waals surface area contributed by atoms with Gasteiger partial charge in [-0.25, -0.2) is 0 Å². The van der Waals surface area contributed by atoms with E-state index in [2.05, 4.69) is 41.4 Å². The third-order valence-corrected chi connectivity index (χ3v) is 3.85. The van der Waals surface area contributed by atoms with Crippen LogP contribution in [0, 0.1) is 0 Å². The smallest absolute Gasteiger partial charge is 0.214 e. The largest absolute Gasteiger partial charge is 0.348 e. The fraction of sp³-hybridized carbons (Fsp3) is 0.667. The van der Waals surface area contributed by atoms with Crippen LogP contribution in [0.2, 0.25) is 5.02 Å². The van der Waals surface area contributed by atoms with Crippen molar-refractivity contribution in [2.24, 2.45) is 0 Å². The number of piperazine rings is 1. The zero-order valence-electron chi connectivity index (χ0n) is 11.3. The van der Waals surface area contributed by atoms with Crippen LogP contribution in [0.15, 0.2) is 6.20 Å². The molecule has 1 aromatic heterocycles. The maximum Gasteiger partial charge on any atom is 0.214 e. The van der Waals surface area contributed by atoms with Gasteiger partial charge in [-0.2, -0.15) is 5.10 Å². The molecule has 1 fully saturated rings. The second-order valence-corrected chi connectivity index (χ2v) is 5.51. The summed E-state index contributed by atoms with van der Waals surface area (Å²) in [4.78, 5) is 2.26. The molecule has 0 radical (unpaired) electrons. The molecule has 5 nitrogen and oxygen atoms in total. The number of nitrogens with one attached hydrogen (secondary N) is 1. The van der Waals surface area contributed by atoms with E-state index >= 15 is 0 Å². The molecule has 6 heteroatoms. The Bertz CT molecular complexity index is 415. The number of quaternary nitrogens is 1. The normalized spacial score (nSPS) is 17.0. The minimum Gasteiger partial charge on any atom is -0.348 e. The van der Waals surface area contributed by atoms with Gasteiger partial charge in [0.2, 0.25) is 5.82 Å². The van der Waals surface area contributed by atoms with Gasteiger partial charge < -0.3 is 10.2 Å². The van der Waals surface area contributed by atoms with Crippen LogP contribution in [0.1, 0.15) is 6.92 Å². The van der Waals surface area contributed by atoms with Crippen LogP contribution >= 0.6 is 11.6 Å². The number of hydrogen-bond donors (Lipinski definition) is 1. The molecule has 1 aromatic rings. The first kappa shape index (κ1) is 13.5. The van der Waals surface area contributed by atoms with E-state index in [1.807, 2.05) is 0 Å². The zero-order chi connectivity index (χ0) is 13.2. The summed E-state index contributed by atoms with van der Waals surface area (Å²) < 4.78 is 0.716.